The fourth-order valence-electron chi connectivity index (χ4n) is 7.06. The Kier molecular flexibility index (Phi) is 4.99. The van der Waals surface area contributed by atoms with E-state index in [2.05, 4.69) is 40.7 Å². The Bertz CT molecular complexity index is 820. The van der Waals surface area contributed by atoms with E-state index in [4.69, 9.17) is 29.0 Å². The minimum Gasteiger partial charge on any atom is -0.469 e. The zero-order valence-corrected chi connectivity index (χ0v) is 20.5. The molecule has 2 aliphatic carbocycles. The predicted molar refractivity (Wildman–Crippen MR) is 115 cm³/mol. The van der Waals surface area contributed by atoms with Crippen LogP contribution in [-0.2, 0) is 33.8 Å². The molecule has 0 N–H and O–H groups in total. The number of ether oxygens (including phenoxy) is 2. The molecule has 7 nitrogen and oxygen atoms in total. The quantitative estimate of drug-likeness (QED) is 0.358. The first kappa shape index (κ1) is 22.8. The molecule has 0 unspecified atom stereocenters. The summed E-state index contributed by atoms with van der Waals surface area (Å²) >= 11 is 0. The Labute approximate surface area is 190 Å². The molecule has 32 heavy (non-hydrogen) atoms. The van der Waals surface area contributed by atoms with Crippen LogP contribution in [0.1, 0.15) is 80.1 Å². The Morgan fingerprint density at radius 3 is 2.47 bits per heavy atom. The second-order valence-electron chi connectivity index (χ2n) is 11.7. The van der Waals surface area contributed by atoms with Crippen molar-refractivity contribution in [1.82, 2.24) is 0 Å². The van der Waals surface area contributed by atoms with E-state index in [1.807, 2.05) is 6.92 Å². The molecular weight excluding hydrogens is 412 g/mol. The number of carbonyl (C=O) groups excluding carboxylic acids is 1. The fourth-order valence-corrected chi connectivity index (χ4v) is 7.06. The van der Waals surface area contributed by atoms with Gasteiger partial charge in [-0.1, -0.05) is 13.8 Å². The first-order valence-electron chi connectivity index (χ1n) is 12.1. The van der Waals surface area contributed by atoms with Gasteiger partial charge in [0.25, 0.3) is 0 Å². The molecule has 0 aromatic rings. The highest BCUT2D eigenvalue weighted by Crippen LogP contribution is 2.69. The first-order chi connectivity index (χ1) is 14.9. The smallest absolute Gasteiger partial charge is 0.311 e. The van der Waals surface area contributed by atoms with Crippen molar-refractivity contribution in [3.63, 3.8) is 0 Å². The van der Waals surface area contributed by atoms with Crippen molar-refractivity contribution in [2.24, 2.45) is 17.3 Å². The topological polar surface area (TPSA) is 72.5 Å². The molecule has 0 amide bonds. The molecule has 6 aliphatic rings. The lowest BCUT2D eigenvalue weighted by molar-refractivity contribution is -0.467. The van der Waals surface area contributed by atoms with Crippen LogP contribution in [0.4, 0.5) is 0 Å². The summed E-state index contributed by atoms with van der Waals surface area (Å²) in [6, 6.07) is 0. The maximum atomic E-state index is 11.9. The average molecular weight is 451 g/mol. The van der Waals surface area contributed by atoms with E-state index >= 15 is 0 Å². The van der Waals surface area contributed by atoms with Gasteiger partial charge in [-0.25, -0.2) is 19.6 Å². The number of methoxy groups -OCH3 is 1. The maximum absolute atomic E-state index is 11.9. The van der Waals surface area contributed by atoms with Gasteiger partial charge < -0.3 is 9.47 Å². The normalized spacial score (nSPS) is 53.2. The molecule has 3 saturated heterocycles. The van der Waals surface area contributed by atoms with Crippen LogP contribution in [0.25, 0.3) is 0 Å². The molecule has 9 atom stereocenters. The maximum Gasteiger partial charge on any atom is 0.311 e. The predicted octanol–water partition coefficient (Wildman–Crippen LogP) is 4.44. The van der Waals surface area contributed by atoms with Crippen molar-refractivity contribution >= 4 is 5.97 Å². The standard InChI is InChI=1S/C25H38O7/c1-15-12-17-13-21(3)10-11-25(17,32-30-21)24(6)22(15,4)14-19(28-24)23(5)9-8-18(29-31-23)16(2)20(26)27-7/h13,15-16,18-19H,8-12,14H2,1-7H3/t15-,16-,18-,19+,21+,22+,23-,24+,25-/m1/s1. The summed E-state index contributed by atoms with van der Waals surface area (Å²) in [5.74, 6) is -0.222. The van der Waals surface area contributed by atoms with Crippen LogP contribution in [0.3, 0.4) is 0 Å². The molecule has 0 aromatic heterocycles. The van der Waals surface area contributed by atoms with E-state index in [9.17, 15) is 4.79 Å². The largest absolute Gasteiger partial charge is 0.469 e. The SMILES string of the molecule is COC(=O)[C@H](C)[C@H]1CC[C@](C)([C@@H]2C[C@@]3(C)[C@H](C)CC4=C[C@]5(C)CC[C@]4(OO5)[C@@]3(C)O2)OO1. The molecule has 0 radical (unpaired) electrons. The van der Waals surface area contributed by atoms with Gasteiger partial charge in [0.2, 0.25) is 0 Å². The number of fused-ring (bicyclic) bond motifs is 3. The van der Waals surface area contributed by atoms with Crippen LogP contribution < -0.4 is 0 Å². The third-order valence-corrected chi connectivity index (χ3v) is 9.91. The number of carbonyl (C=O) groups is 1. The highest BCUT2D eigenvalue weighted by molar-refractivity contribution is 5.72. The Balaban J connectivity index is 1.41. The van der Waals surface area contributed by atoms with Gasteiger partial charge in [0.1, 0.15) is 22.9 Å². The summed E-state index contributed by atoms with van der Waals surface area (Å²) < 4.78 is 11.9. The monoisotopic (exact) mass is 450 g/mol. The fraction of sp³-hybridized carbons (Fsp3) is 0.880. The second kappa shape index (κ2) is 7.01. The summed E-state index contributed by atoms with van der Waals surface area (Å²) in [5.41, 5.74) is -0.826. The third kappa shape index (κ3) is 2.81. The summed E-state index contributed by atoms with van der Waals surface area (Å²) in [7, 11) is 1.40. The van der Waals surface area contributed by atoms with Crippen molar-refractivity contribution in [3.8, 4) is 0 Å². The van der Waals surface area contributed by atoms with E-state index in [0.717, 1.165) is 32.1 Å². The van der Waals surface area contributed by atoms with E-state index in [0.29, 0.717) is 12.3 Å². The second-order valence-corrected chi connectivity index (χ2v) is 11.7. The van der Waals surface area contributed by atoms with Gasteiger partial charge in [-0.2, -0.15) is 0 Å². The van der Waals surface area contributed by atoms with Gasteiger partial charge >= 0.3 is 5.97 Å². The van der Waals surface area contributed by atoms with Crippen molar-refractivity contribution in [2.75, 3.05) is 7.11 Å². The van der Waals surface area contributed by atoms with Crippen molar-refractivity contribution in [3.05, 3.63) is 11.6 Å². The highest BCUT2D eigenvalue weighted by Gasteiger charge is 2.75. The summed E-state index contributed by atoms with van der Waals surface area (Å²) in [4.78, 5) is 35.9. The van der Waals surface area contributed by atoms with Crippen LogP contribution in [0.15, 0.2) is 11.6 Å². The van der Waals surface area contributed by atoms with Crippen LogP contribution in [-0.4, -0.2) is 47.7 Å². The minimum absolute atomic E-state index is 0.105. The molecule has 2 bridgehead atoms. The van der Waals surface area contributed by atoms with Gasteiger partial charge in [-0.3, -0.25) is 4.79 Å². The van der Waals surface area contributed by atoms with E-state index < -0.39 is 16.8 Å². The molecule has 1 saturated carbocycles. The van der Waals surface area contributed by atoms with Crippen molar-refractivity contribution < 1.29 is 33.8 Å². The van der Waals surface area contributed by atoms with Gasteiger partial charge in [-0.15, -0.1) is 0 Å². The average Bonchev–Trinajstić information content (AvgIpc) is 3.08. The molecule has 7 heteroatoms. The van der Waals surface area contributed by atoms with Crippen LogP contribution in [0.2, 0.25) is 0 Å². The molecule has 4 heterocycles. The Hall–Kier alpha value is -0.990. The minimum atomic E-state index is -0.603. The summed E-state index contributed by atoms with van der Waals surface area (Å²) in [6.07, 6.45) is 6.95. The van der Waals surface area contributed by atoms with Crippen molar-refractivity contribution in [1.29, 1.82) is 0 Å². The number of hydrogen-bond donors (Lipinski definition) is 0. The van der Waals surface area contributed by atoms with Crippen LogP contribution in [0.5, 0.6) is 0 Å². The van der Waals surface area contributed by atoms with Gasteiger partial charge in [0, 0.05) is 5.41 Å². The molecule has 6 rings (SSSR count). The third-order valence-electron chi connectivity index (χ3n) is 9.91. The first-order valence-corrected chi connectivity index (χ1v) is 12.1. The molecule has 180 valence electrons. The molecular formula is C25H38O7. The van der Waals surface area contributed by atoms with Gasteiger partial charge in [0.05, 0.1) is 19.1 Å². The lowest BCUT2D eigenvalue weighted by atomic mass is 9.49. The highest BCUT2D eigenvalue weighted by atomic mass is 17.2. The molecule has 4 fully saturated rings. The molecule has 1 spiro atoms. The number of esters is 1. The molecule has 0 aromatic carbocycles. The number of rotatable bonds is 3. The van der Waals surface area contributed by atoms with E-state index in [-0.39, 0.29) is 35.1 Å². The summed E-state index contributed by atoms with van der Waals surface area (Å²) in [5, 5.41) is 0. The van der Waals surface area contributed by atoms with Gasteiger partial charge in [0.15, 0.2) is 5.60 Å². The lowest BCUT2D eigenvalue weighted by Crippen LogP contribution is -2.71. The van der Waals surface area contributed by atoms with E-state index in [1.165, 1.54) is 12.7 Å². The zero-order valence-electron chi connectivity index (χ0n) is 20.5. The van der Waals surface area contributed by atoms with Crippen LogP contribution >= 0.6 is 0 Å². The molecule has 4 aliphatic heterocycles. The van der Waals surface area contributed by atoms with Crippen LogP contribution in [0, 0.1) is 17.3 Å². The zero-order chi connectivity index (χ0) is 23.2. The number of hydrogen-bond acceptors (Lipinski definition) is 7. The lowest BCUT2D eigenvalue weighted by Gasteiger charge is -2.63. The van der Waals surface area contributed by atoms with Gasteiger partial charge in [-0.05, 0) is 83.8 Å². The Morgan fingerprint density at radius 1 is 1.12 bits per heavy atom. The van der Waals surface area contributed by atoms with E-state index in [1.54, 1.807) is 0 Å². The van der Waals surface area contributed by atoms with Crippen molar-refractivity contribution in [2.45, 2.75) is 115 Å². The summed E-state index contributed by atoms with van der Waals surface area (Å²) in [6.45, 7) is 12.9. The Morgan fingerprint density at radius 2 is 1.88 bits per heavy atom.